The molecule has 0 aliphatic heterocycles. The average molecular weight is 337 g/mol. The van der Waals surface area contributed by atoms with Crippen molar-refractivity contribution in [1.29, 1.82) is 0 Å². The summed E-state index contributed by atoms with van der Waals surface area (Å²) in [7, 11) is 0. The zero-order valence-electron chi connectivity index (χ0n) is 14.7. The number of carbonyl (C=O) groups is 3. The lowest BCUT2D eigenvalue weighted by Crippen LogP contribution is -2.29. The van der Waals surface area contributed by atoms with E-state index in [4.69, 9.17) is 15.2 Å². The zero-order chi connectivity index (χ0) is 18.9. The summed E-state index contributed by atoms with van der Waals surface area (Å²) in [5, 5.41) is 9.17. The lowest BCUT2D eigenvalue weighted by atomic mass is 10.00. The summed E-state index contributed by atoms with van der Waals surface area (Å²) >= 11 is 0. The average Bonchev–Trinajstić information content (AvgIpc) is 2.33. The predicted molar refractivity (Wildman–Crippen MR) is 88.2 cm³/mol. The van der Waals surface area contributed by atoms with Gasteiger partial charge in [-0.05, 0) is 53.7 Å². The van der Waals surface area contributed by atoms with Crippen molar-refractivity contribution < 1.29 is 29.0 Å². The van der Waals surface area contributed by atoms with Gasteiger partial charge in [-0.25, -0.2) is 14.4 Å². The van der Waals surface area contributed by atoms with Crippen molar-refractivity contribution in [2.45, 2.75) is 52.7 Å². The Hall–Kier alpha value is -2.57. The summed E-state index contributed by atoms with van der Waals surface area (Å²) in [6, 6.07) is 2.36. The van der Waals surface area contributed by atoms with E-state index in [0.717, 1.165) is 6.07 Å². The van der Waals surface area contributed by atoms with Crippen LogP contribution in [-0.2, 0) is 9.47 Å². The van der Waals surface area contributed by atoms with Gasteiger partial charge in [0.15, 0.2) is 0 Å². The van der Waals surface area contributed by atoms with Crippen molar-refractivity contribution in [3.8, 4) is 0 Å². The Morgan fingerprint density at radius 2 is 1.29 bits per heavy atom. The minimum absolute atomic E-state index is 0.137. The molecule has 0 heterocycles. The Kier molecular flexibility index (Phi) is 5.28. The van der Waals surface area contributed by atoms with Gasteiger partial charge < -0.3 is 20.3 Å². The maximum atomic E-state index is 12.4. The van der Waals surface area contributed by atoms with E-state index in [1.54, 1.807) is 41.5 Å². The summed E-state index contributed by atoms with van der Waals surface area (Å²) in [4.78, 5) is 36.0. The fourth-order valence-corrected chi connectivity index (χ4v) is 1.86. The molecule has 1 rings (SSSR count). The Bertz CT molecular complexity index is 680. The van der Waals surface area contributed by atoms with Crippen LogP contribution in [0.2, 0.25) is 0 Å². The Balaban J connectivity index is 3.49. The minimum Gasteiger partial charge on any atom is -0.478 e. The SMILES string of the molecule is CC(C)(C)OC(=O)c1ccc(C(=O)O)c(N)c1C(=O)OC(C)(C)C. The molecule has 7 heteroatoms. The number of carboxylic acids is 1. The standard InChI is InChI=1S/C17H23NO6/c1-16(2,3)23-14(21)9-7-8-10(13(19)20)12(18)11(9)15(22)24-17(4,5)6/h7-8H,18H2,1-6H3,(H,19,20). The number of nitrogen functional groups attached to an aromatic ring is 1. The van der Waals surface area contributed by atoms with Gasteiger partial charge in [0.2, 0.25) is 0 Å². The number of esters is 2. The number of ether oxygens (including phenoxy) is 2. The van der Waals surface area contributed by atoms with Crippen LogP contribution >= 0.6 is 0 Å². The topological polar surface area (TPSA) is 116 Å². The highest BCUT2D eigenvalue weighted by Gasteiger charge is 2.30. The van der Waals surface area contributed by atoms with Gasteiger partial charge in [-0.1, -0.05) is 0 Å². The largest absolute Gasteiger partial charge is 0.478 e. The summed E-state index contributed by atoms with van der Waals surface area (Å²) in [5.41, 5.74) is 3.12. The second-order valence-electron chi connectivity index (χ2n) is 7.26. The summed E-state index contributed by atoms with van der Waals surface area (Å²) < 4.78 is 10.5. The van der Waals surface area contributed by atoms with Gasteiger partial charge in [0, 0.05) is 0 Å². The molecule has 1 aromatic carbocycles. The van der Waals surface area contributed by atoms with Crippen LogP contribution in [0, 0.1) is 0 Å². The van der Waals surface area contributed by atoms with E-state index in [0.29, 0.717) is 0 Å². The number of aromatic carboxylic acids is 1. The van der Waals surface area contributed by atoms with Crippen LogP contribution in [0.15, 0.2) is 12.1 Å². The molecular formula is C17H23NO6. The van der Waals surface area contributed by atoms with Crippen LogP contribution in [0.4, 0.5) is 5.69 Å². The van der Waals surface area contributed by atoms with Crippen LogP contribution in [0.25, 0.3) is 0 Å². The highest BCUT2D eigenvalue weighted by Crippen LogP contribution is 2.27. The molecule has 132 valence electrons. The highest BCUT2D eigenvalue weighted by molar-refractivity contribution is 6.10. The molecule has 0 saturated heterocycles. The van der Waals surface area contributed by atoms with E-state index in [-0.39, 0.29) is 22.4 Å². The van der Waals surface area contributed by atoms with E-state index in [2.05, 4.69) is 0 Å². The van der Waals surface area contributed by atoms with Gasteiger partial charge in [0.1, 0.15) is 11.2 Å². The Morgan fingerprint density at radius 3 is 1.71 bits per heavy atom. The molecule has 1 aromatic rings. The van der Waals surface area contributed by atoms with Crippen molar-refractivity contribution in [3.63, 3.8) is 0 Å². The molecule has 7 nitrogen and oxygen atoms in total. The van der Waals surface area contributed by atoms with E-state index in [1.165, 1.54) is 6.07 Å². The first-order valence-corrected chi connectivity index (χ1v) is 7.35. The van der Waals surface area contributed by atoms with E-state index >= 15 is 0 Å². The van der Waals surface area contributed by atoms with Gasteiger partial charge in [0.25, 0.3) is 0 Å². The normalized spacial score (nSPS) is 11.8. The summed E-state index contributed by atoms with van der Waals surface area (Å²) in [5.74, 6) is -2.98. The van der Waals surface area contributed by atoms with Crippen LogP contribution in [0.1, 0.15) is 72.6 Å². The lowest BCUT2D eigenvalue weighted by Gasteiger charge is -2.23. The number of carbonyl (C=O) groups excluding carboxylic acids is 2. The van der Waals surface area contributed by atoms with Crippen molar-refractivity contribution in [3.05, 3.63) is 28.8 Å². The minimum atomic E-state index is -1.31. The predicted octanol–water partition coefficient (Wildman–Crippen LogP) is 2.88. The lowest BCUT2D eigenvalue weighted by molar-refractivity contribution is 0.00194. The first-order valence-electron chi connectivity index (χ1n) is 7.35. The van der Waals surface area contributed by atoms with Gasteiger partial charge in [-0.3, -0.25) is 0 Å². The molecule has 0 aromatic heterocycles. The van der Waals surface area contributed by atoms with Crippen molar-refractivity contribution in [1.82, 2.24) is 0 Å². The molecule has 24 heavy (non-hydrogen) atoms. The highest BCUT2D eigenvalue weighted by atomic mass is 16.6. The number of benzene rings is 1. The fourth-order valence-electron chi connectivity index (χ4n) is 1.86. The molecule has 3 N–H and O–H groups in total. The third-order valence-corrected chi connectivity index (χ3v) is 2.70. The number of carboxylic acid groups (broad SMARTS) is 1. The molecule has 0 bridgehead atoms. The maximum absolute atomic E-state index is 12.4. The molecule has 0 spiro atoms. The molecular weight excluding hydrogens is 314 g/mol. The van der Waals surface area contributed by atoms with Gasteiger partial charge in [0.05, 0.1) is 22.4 Å². The van der Waals surface area contributed by atoms with E-state index in [9.17, 15) is 19.5 Å². The quantitative estimate of drug-likeness (QED) is 0.643. The third kappa shape index (κ3) is 4.97. The van der Waals surface area contributed by atoms with Crippen molar-refractivity contribution in [2.75, 3.05) is 5.73 Å². The molecule has 0 amide bonds. The number of rotatable bonds is 3. The van der Waals surface area contributed by atoms with Gasteiger partial charge in [-0.2, -0.15) is 0 Å². The van der Waals surface area contributed by atoms with Gasteiger partial charge >= 0.3 is 17.9 Å². The number of nitrogens with two attached hydrogens (primary N) is 1. The molecule has 0 radical (unpaired) electrons. The molecule has 0 aliphatic rings. The molecule has 0 saturated carbocycles. The van der Waals surface area contributed by atoms with E-state index in [1.807, 2.05) is 0 Å². The van der Waals surface area contributed by atoms with Gasteiger partial charge in [-0.15, -0.1) is 0 Å². The van der Waals surface area contributed by atoms with E-state index < -0.39 is 29.1 Å². The second-order valence-corrected chi connectivity index (χ2v) is 7.26. The molecule has 0 fully saturated rings. The van der Waals surface area contributed by atoms with Crippen molar-refractivity contribution >= 4 is 23.6 Å². The van der Waals surface area contributed by atoms with Crippen molar-refractivity contribution in [2.24, 2.45) is 0 Å². The second kappa shape index (κ2) is 6.51. The summed E-state index contributed by atoms with van der Waals surface area (Å²) in [6.45, 7) is 9.97. The fraction of sp³-hybridized carbons (Fsp3) is 0.471. The number of hydrogen-bond acceptors (Lipinski definition) is 6. The smallest absolute Gasteiger partial charge is 0.341 e. The molecule has 0 atom stereocenters. The van der Waals surface area contributed by atoms with Crippen LogP contribution < -0.4 is 5.73 Å². The van der Waals surface area contributed by atoms with Crippen LogP contribution in [0.5, 0.6) is 0 Å². The third-order valence-electron chi connectivity index (χ3n) is 2.70. The molecule has 0 aliphatic carbocycles. The zero-order valence-corrected chi connectivity index (χ0v) is 14.7. The maximum Gasteiger partial charge on any atom is 0.341 e. The molecule has 0 unspecified atom stereocenters. The Labute approximate surface area is 140 Å². The first-order chi connectivity index (χ1) is 10.7. The van der Waals surface area contributed by atoms with Crippen LogP contribution in [-0.4, -0.2) is 34.2 Å². The number of anilines is 1. The first kappa shape index (κ1) is 19.5. The number of hydrogen-bond donors (Lipinski definition) is 2. The van der Waals surface area contributed by atoms with Crippen LogP contribution in [0.3, 0.4) is 0 Å². The summed E-state index contributed by atoms with van der Waals surface area (Å²) in [6.07, 6.45) is 0. The monoisotopic (exact) mass is 337 g/mol. The Morgan fingerprint density at radius 1 is 0.875 bits per heavy atom.